The zero-order valence-electron chi connectivity index (χ0n) is 7.03. The van der Waals surface area contributed by atoms with E-state index in [2.05, 4.69) is 6.07 Å². The summed E-state index contributed by atoms with van der Waals surface area (Å²) in [5.74, 6) is 0. The smallest absolute Gasteiger partial charge is 0.0178 e. The van der Waals surface area contributed by atoms with E-state index in [1.165, 1.54) is 0 Å². The van der Waals surface area contributed by atoms with E-state index in [0.717, 1.165) is 11.1 Å². The van der Waals surface area contributed by atoms with Gasteiger partial charge in [0.05, 0.1) is 0 Å². The van der Waals surface area contributed by atoms with Crippen molar-refractivity contribution in [2.24, 2.45) is 11.5 Å². The highest BCUT2D eigenvalue weighted by Gasteiger charge is 1.89. The van der Waals surface area contributed by atoms with Crippen LogP contribution >= 0.6 is 0 Å². The van der Waals surface area contributed by atoms with Crippen LogP contribution in [0.3, 0.4) is 0 Å². The van der Waals surface area contributed by atoms with Gasteiger partial charge < -0.3 is 11.5 Å². The molecule has 0 aliphatic heterocycles. The summed E-state index contributed by atoms with van der Waals surface area (Å²) in [5.41, 5.74) is 13.1. The predicted octanol–water partition coefficient (Wildman–Crippen LogP) is 1.12. The van der Waals surface area contributed by atoms with Crippen molar-refractivity contribution in [2.45, 2.75) is 6.54 Å². The fourth-order valence-electron chi connectivity index (χ4n) is 1.03. The monoisotopic (exact) mass is 162 g/mol. The fourth-order valence-corrected chi connectivity index (χ4v) is 1.03. The molecule has 0 fully saturated rings. The minimum Gasteiger partial charge on any atom is -0.327 e. The molecule has 2 nitrogen and oxygen atoms in total. The Morgan fingerprint density at radius 3 is 2.75 bits per heavy atom. The largest absolute Gasteiger partial charge is 0.327 e. The molecule has 0 radical (unpaired) electrons. The second-order valence-electron chi connectivity index (χ2n) is 2.59. The summed E-state index contributed by atoms with van der Waals surface area (Å²) >= 11 is 0. The lowest BCUT2D eigenvalue weighted by atomic mass is 10.1. The van der Waals surface area contributed by atoms with Crippen molar-refractivity contribution in [3.05, 3.63) is 41.5 Å². The fraction of sp³-hybridized carbons (Fsp3) is 0.200. The first kappa shape index (κ1) is 8.97. The van der Waals surface area contributed by atoms with Gasteiger partial charge in [-0.05, 0) is 11.1 Å². The highest BCUT2D eigenvalue weighted by molar-refractivity contribution is 5.50. The van der Waals surface area contributed by atoms with Crippen molar-refractivity contribution >= 4 is 6.08 Å². The topological polar surface area (TPSA) is 52.0 Å². The van der Waals surface area contributed by atoms with Crippen molar-refractivity contribution in [3.8, 4) is 0 Å². The lowest BCUT2D eigenvalue weighted by Crippen LogP contribution is -1.96. The summed E-state index contributed by atoms with van der Waals surface area (Å²) in [5, 5.41) is 0. The Labute approximate surface area is 72.9 Å². The normalized spacial score (nSPS) is 10.8. The quantitative estimate of drug-likeness (QED) is 0.699. The summed E-state index contributed by atoms with van der Waals surface area (Å²) in [6.07, 6.45) is 3.93. The molecule has 0 saturated carbocycles. The Morgan fingerprint density at radius 1 is 1.25 bits per heavy atom. The first-order chi connectivity index (χ1) is 5.86. The highest BCUT2D eigenvalue weighted by Crippen LogP contribution is 2.05. The molecule has 0 aliphatic rings. The lowest BCUT2D eigenvalue weighted by molar-refractivity contribution is 1.07. The number of benzene rings is 1. The molecule has 1 aromatic carbocycles. The van der Waals surface area contributed by atoms with Crippen molar-refractivity contribution in [1.29, 1.82) is 0 Å². The van der Waals surface area contributed by atoms with Gasteiger partial charge in [-0.2, -0.15) is 0 Å². The third-order valence-corrected chi connectivity index (χ3v) is 1.63. The van der Waals surface area contributed by atoms with Crippen LogP contribution in [0.25, 0.3) is 6.08 Å². The van der Waals surface area contributed by atoms with Gasteiger partial charge >= 0.3 is 0 Å². The van der Waals surface area contributed by atoms with Crippen LogP contribution in [0, 0.1) is 0 Å². The van der Waals surface area contributed by atoms with E-state index in [4.69, 9.17) is 11.5 Å². The molecule has 1 aromatic rings. The van der Waals surface area contributed by atoms with E-state index in [-0.39, 0.29) is 0 Å². The first-order valence-corrected chi connectivity index (χ1v) is 4.02. The average molecular weight is 162 g/mol. The van der Waals surface area contributed by atoms with E-state index in [9.17, 15) is 0 Å². The minimum absolute atomic E-state index is 0.576. The molecule has 64 valence electrons. The Bertz CT molecular complexity index is 266. The average Bonchev–Trinajstić information content (AvgIpc) is 2.15. The van der Waals surface area contributed by atoms with Crippen LogP contribution in [-0.2, 0) is 6.54 Å². The Kier molecular flexibility index (Phi) is 3.51. The van der Waals surface area contributed by atoms with E-state index in [1.54, 1.807) is 0 Å². The van der Waals surface area contributed by atoms with Gasteiger partial charge in [-0.3, -0.25) is 0 Å². The Balaban J connectivity index is 2.79. The van der Waals surface area contributed by atoms with E-state index >= 15 is 0 Å². The summed E-state index contributed by atoms with van der Waals surface area (Å²) in [4.78, 5) is 0. The molecule has 0 saturated heterocycles. The molecule has 0 atom stereocenters. The highest BCUT2D eigenvalue weighted by atomic mass is 14.5. The molecule has 0 amide bonds. The molecule has 4 N–H and O–H groups in total. The summed E-state index contributed by atoms with van der Waals surface area (Å²) in [7, 11) is 0. The van der Waals surface area contributed by atoms with Gasteiger partial charge in [0.15, 0.2) is 0 Å². The van der Waals surface area contributed by atoms with Crippen molar-refractivity contribution in [1.82, 2.24) is 0 Å². The van der Waals surface area contributed by atoms with Crippen LogP contribution in [-0.4, -0.2) is 6.54 Å². The van der Waals surface area contributed by atoms with Gasteiger partial charge in [0.1, 0.15) is 0 Å². The van der Waals surface area contributed by atoms with Gasteiger partial charge in [-0.1, -0.05) is 36.4 Å². The van der Waals surface area contributed by atoms with Crippen LogP contribution < -0.4 is 11.5 Å². The summed E-state index contributed by atoms with van der Waals surface area (Å²) < 4.78 is 0. The lowest BCUT2D eigenvalue weighted by Gasteiger charge is -1.97. The molecule has 0 unspecified atom stereocenters. The van der Waals surface area contributed by atoms with Gasteiger partial charge in [-0.15, -0.1) is 0 Å². The molecule has 2 heteroatoms. The van der Waals surface area contributed by atoms with Gasteiger partial charge in [0.25, 0.3) is 0 Å². The standard InChI is InChI=1S/C10H14N2/c11-6-2-5-9-3-1-4-10(7-9)8-12/h1-5,7H,6,8,11-12H2. The zero-order chi connectivity index (χ0) is 8.81. The maximum Gasteiger partial charge on any atom is 0.0178 e. The van der Waals surface area contributed by atoms with Crippen LogP contribution in [0.15, 0.2) is 30.3 Å². The number of rotatable bonds is 3. The molecule has 0 aliphatic carbocycles. The van der Waals surface area contributed by atoms with Gasteiger partial charge in [-0.25, -0.2) is 0 Å². The predicted molar refractivity (Wildman–Crippen MR) is 52.4 cm³/mol. The summed E-state index contributed by atoms with van der Waals surface area (Å²) in [6.45, 7) is 1.16. The molecule has 0 heterocycles. The number of hydrogen-bond acceptors (Lipinski definition) is 2. The number of hydrogen-bond donors (Lipinski definition) is 2. The number of nitrogens with two attached hydrogens (primary N) is 2. The van der Waals surface area contributed by atoms with Gasteiger partial charge in [0.2, 0.25) is 0 Å². The molecule has 12 heavy (non-hydrogen) atoms. The Hall–Kier alpha value is -1.12. The molecule has 0 aromatic heterocycles. The summed E-state index contributed by atoms with van der Waals surface area (Å²) in [6, 6.07) is 8.11. The van der Waals surface area contributed by atoms with Gasteiger partial charge in [0, 0.05) is 13.1 Å². The van der Waals surface area contributed by atoms with E-state index < -0.39 is 0 Å². The second kappa shape index (κ2) is 4.70. The zero-order valence-corrected chi connectivity index (χ0v) is 7.03. The third-order valence-electron chi connectivity index (χ3n) is 1.63. The van der Waals surface area contributed by atoms with E-state index in [0.29, 0.717) is 13.1 Å². The maximum absolute atomic E-state index is 5.50. The molecule has 1 rings (SSSR count). The SMILES string of the molecule is NCC=Cc1cccc(CN)c1. The van der Waals surface area contributed by atoms with E-state index in [1.807, 2.05) is 30.4 Å². The third kappa shape index (κ3) is 2.49. The molecule has 0 spiro atoms. The molecule has 0 bridgehead atoms. The second-order valence-corrected chi connectivity index (χ2v) is 2.59. The van der Waals surface area contributed by atoms with Crippen molar-refractivity contribution in [2.75, 3.05) is 6.54 Å². The van der Waals surface area contributed by atoms with Crippen LogP contribution in [0.5, 0.6) is 0 Å². The van der Waals surface area contributed by atoms with Crippen LogP contribution in [0.1, 0.15) is 11.1 Å². The van der Waals surface area contributed by atoms with Crippen LogP contribution in [0.4, 0.5) is 0 Å². The van der Waals surface area contributed by atoms with Crippen molar-refractivity contribution in [3.63, 3.8) is 0 Å². The maximum atomic E-state index is 5.50. The first-order valence-electron chi connectivity index (χ1n) is 4.02. The minimum atomic E-state index is 0.576. The molecular formula is C10H14N2. The van der Waals surface area contributed by atoms with Crippen molar-refractivity contribution < 1.29 is 0 Å². The Morgan fingerprint density at radius 2 is 2.08 bits per heavy atom. The molecular weight excluding hydrogens is 148 g/mol. The van der Waals surface area contributed by atoms with Crippen LogP contribution in [0.2, 0.25) is 0 Å².